The van der Waals surface area contributed by atoms with Gasteiger partial charge in [0, 0.05) is 6.42 Å². The zero-order chi connectivity index (χ0) is 19.7. The third-order valence-corrected chi connectivity index (χ3v) is 5.44. The van der Waals surface area contributed by atoms with Crippen molar-refractivity contribution in [2.24, 2.45) is 0 Å². The van der Waals surface area contributed by atoms with E-state index in [4.69, 9.17) is 0 Å². The van der Waals surface area contributed by atoms with Crippen LogP contribution in [0.4, 0.5) is 0 Å². The maximum absolute atomic E-state index is 10.5. The molecule has 0 fully saturated rings. The van der Waals surface area contributed by atoms with Crippen LogP contribution in [-0.2, 0) is 11.2 Å². The van der Waals surface area contributed by atoms with Crippen molar-refractivity contribution in [1.29, 1.82) is 0 Å². The largest absolute Gasteiger partial charge is 0.508 e. The number of rotatable bonds is 6. The van der Waals surface area contributed by atoms with E-state index in [9.17, 15) is 20.1 Å². The molecule has 0 heterocycles. The molecule has 1 atom stereocenters. The van der Waals surface area contributed by atoms with Gasteiger partial charge in [-0.05, 0) is 63.9 Å². The molecule has 28 heavy (non-hydrogen) atoms. The summed E-state index contributed by atoms with van der Waals surface area (Å²) in [6, 6.07) is 11.7. The Hall–Kier alpha value is -2.95. The molecule has 0 aliphatic heterocycles. The summed E-state index contributed by atoms with van der Waals surface area (Å²) in [5.74, 6) is -0.140. The summed E-state index contributed by atoms with van der Waals surface area (Å²) < 4.78 is 0. The first-order valence-corrected chi connectivity index (χ1v) is 9.42. The lowest BCUT2D eigenvalue weighted by atomic mass is 9.96. The van der Waals surface area contributed by atoms with Gasteiger partial charge in [0.05, 0.1) is 5.92 Å². The van der Waals surface area contributed by atoms with Gasteiger partial charge in [0.15, 0.2) is 6.29 Å². The molecule has 3 N–H and O–H groups in total. The first-order chi connectivity index (χ1) is 13.6. The lowest BCUT2D eigenvalue weighted by Gasteiger charge is -2.13. The number of aldehydes is 1. The van der Waals surface area contributed by atoms with Crippen LogP contribution in [0.25, 0.3) is 17.2 Å². The number of carbonyl (C=O) groups excluding carboxylic acids is 1. The summed E-state index contributed by atoms with van der Waals surface area (Å²) in [5.41, 5.74) is 7.03. The number of allylic oxidation sites excluding steroid dienone is 4. The van der Waals surface area contributed by atoms with Crippen molar-refractivity contribution >= 4 is 23.5 Å². The number of aliphatic hydroxyl groups excluding tert-OH is 1. The second-order valence-corrected chi connectivity index (χ2v) is 7.22. The minimum absolute atomic E-state index is 0.227. The van der Waals surface area contributed by atoms with Gasteiger partial charge in [-0.3, -0.25) is 0 Å². The average molecular weight is 374 g/mol. The highest BCUT2D eigenvalue weighted by molar-refractivity contribution is 5.90. The molecule has 4 nitrogen and oxygen atoms in total. The number of carbonyl (C=O) groups is 1. The SMILES string of the molecule is O=CCCc1ccc(C2=CC(c3ccc4c(c3)C=CC4C(O)O)=CC2)cc1O. The minimum atomic E-state index is -1.39. The lowest BCUT2D eigenvalue weighted by Crippen LogP contribution is -2.14. The van der Waals surface area contributed by atoms with E-state index < -0.39 is 6.29 Å². The number of aryl methyl sites for hydroxylation is 1. The fourth-order valence-electron chi connectivity index (χ4n) is 3.89. The maximum Gasteiger partial charge on any atom is 0.161 e. The van der Waals surface area contributed by atoms with E-state index in [2.05, 4.69) is 18.2 Å². The average Bonchev–Trinajstić information content (AvgIpc) is 3.33. The molecule has 0 saturated heterocycles. The zero-order valence-electron chi connectivity index (χ0n) is 15.4. The van der Waals surface area contributed by atoms with Gasteiger partial charge in [0.1, 0.15) is 12.0 Å². The molecular formula is C24H22O4. The quantitative estimate of drug-likeness (QED) is 0.531. The standard InChI is InChI=1S/C24H22O4/c25-11-1-2-15-3-4-19(14-23(15)26)17-6-5-16(12-17)18-7-9-21-20(13-18)8-10-22(21)24(27)28/h3-5,7-14,22,24,26-28H,1-2,6H2. The second kappa shape index (κ2) is 7.58. The van der Waals surface area contributed by atoms with Crippen LogP contribution in [0.1, 0.15) is 46.6 Å². The molecule has 1 unspecified atom stereocenters. The van der Waals surface area contributed by atoms with E-state index in [0.29, 0.717) is 12.8 Å². The predicted octanol–water partition coefficient (Wildman–Crippen LogP) is 3.82. The topological polar surface area (TPSA) is 77.8 Å². The van der Waals surface area contributed by atoms with E-state index in [0.717, 1.165) is 51.7 Å². The number of aromatic hydroxyl groups is 1. The molecule has 4 rings (SSSR count). The van der Waals surface area contributed by atoms with Crippen molar-refractivity contribution in [2.45, 2.75) is 31.5 Å². The summed E-state index contributed by atoms with van der Waals surface area (Å²) in [4.78, 5) is 10.5. The Morgan fingerprint density at radius 1 is 1.11 bits per heavy atom. The van der Waals surface area contributed by atoms with Crippen molar-refractivity contribution in [3.05, 3.63) is 82.4 Å². The van der Waals surface area contributed by atoms with Gasteiger partial charge in [-0.1, -0.05) is 48.6 Å². The van der Waals surface area contributed by atoms with Crippen molar-refractivity contribution in [1.82, 2.24) is 0 Å². The highest BCUT2D eigenvalue weighted by Crippen LogP contribution is 2.37. The predicted molar refractivity (Wildman–Crippen MR) is 110 cm³/mol. The fraction of sp³-hybridized carbons (Fsp3) is 0.208. The minimum Gasteiger partial charge on any atom is -0.508 e. The number of benzene rings is 2. The van der Waals surface area contributed by atoms with Crippen LogP contribution in [0.2, 0.25) is 0 Å². The van der Waals surface area contributed by atoms with Crippen LogP contribution in [0, 0.1) is 0 Å². The van der Waals surface area contributed by atoms with Crippen LogP contribution >= 0.6 is 0 Å². The van der Waals surface area contributed by atoms with Gasteiger partial charge >= 0.3 is 0 Å². The molecule has 4 heteroatoms. The molecule has 0 saturated carbocycles. The van der Waals surface area contributed by atoms with Gasteiger partial charge in [-0.15, -0.1) is 0 Å². The third kappa shape index (κ3) is 3.44. The summed E-state index contributed by atoms with van der Waals surface area (Å²) in [6.45, 7) is 0. The van der Waals surface area contributed by atoms with Gasteiger partial charge < -0.3 is 20.1 Å². The highest BCUT2D eigenvalue weighted by atomic mass is 16.5. The Labute approximate surface area is 163 Å². The number of hydrogen-bond acceptors (Lipinski definition) is 4. The molecule has 0 aromatic heterocycles. The Balaban J connectivity index is 1.55. The van der Waals surface area contributed by atoms with Crippen molar-refractivity contribution in [3.63, 3.8) is 0 Å². The van der Waals surface area contributed by atoms with E-state index in [1.165, 1.54) is 0 Å². The number of hydrogen-bond donors (Lipinski definition) is 3. The Bertz CT molecular complexity index is 1010. The number of aliphatic hydroxyl groups is 2. The zero-order valence-corrected chi connectivity index (χ0v) is 15.4. The van der Waals surface area contributed by atoms with Crippen LogP contribution in [-0.4, -0.2) is 27.9 Å². The molecule has 2 aliphatic rings. The fourth-order valence-corrected chi connectivity index (χ4v) is 3.89. The number of phenolic OH excluding ortho intramolecular Hbond substituents is 1. The smallest absolute Gasteiger partial charge is 0.161 e. The first-order valence-electron chi connectivity index (χ1n) is 9.42. The van der Waals surface area contributed by atoms with Gasteiger partial charge in [-0.2, -0.15) is 0 Å². The van der Waals surface area contributed by atoms with Crippen molar-refractivity contribution in [3.8, 4) is 5.75 Å². The molecule has 2 aliphatic carbocycles. The third-order valence-electron chi connectivity index (χ3n) is 5.44. The normalized spacial score (nSPS) is 17.6. The molecule has 142 valence electrons. The first kappa shape index (κ1) is 18.4. The lowest BCUT2D eigenvalue weighted by molar-refractivity contribution is -0.107. The molecule has 0 radical (unpaired) electrons. The monoisotopic (exact) mass is 374 g/mol. The van der Waals surface area contributed by atoms with Crippen LogP contribution in [0.5, 0.6) is 5.75 Å². The maximum atomic E-state index is 10.5. The van der Waals surface area contributed by atoms with Gasteiger partial charge in [0.25, 0.3) is 0 Å². The van der Waals surface area contributed by atoms with Gasteiger partial charge in [-0.25, -0.2) is 0 Å². The second-order valence-electron chi connectivity index (χ2n) is 7.22. The molecular weight excluding hydrogens is 352 g/mol. The molecule has 0 spiro atoms. The van der Waals surface area contributed by atoms with Gasteiger partial charge in [0.2, 0.25) is 0 Å². The number of fused-ring (bicyclic) bond motifs is 1. The Morgan fingerprint density at radius 3 is 2.68 bits per heavy atom. The van der Waals surface area contributed by atoms with Crippen LogP contribution < -0.4 is 0 Å². The van der Waals surface area contributed by atoms with Crippen LogP contribution in [0.3, 0.4) is 0 Å². The Kier molecular flexibility index (Phi) is 4.99. The molecule has 0 amide bonds. The van der Waals surface area contributed by atoms with E-state index in [1.54, 1.807) is 6.07 Å². The Morgan fingerprint density at radius 2 is 1.93 bits per heavy atom. The summed E-state index contributed by atoms with van der Waals surface area (Å²) in [5, 5.41) is 29.2. The van der Waals surface area contributed by atoms with Crippen LogP contribution in [0.15, 0.2) is 54.6 Å². The van der Waals surface area contributed by atoms with E-state index in [1.807, 2.05) is 36.4 Å². The summed E-state index contributed by atoms with van der Waals surface area (Å²) in [7, 11) is 0. The van der Waals surface area contributed by atoms with Crippen molar-refractivity contribution in [2.75, 3.05) is 0 Å². The molecule has 2 aromatic carbocycles. The molecule has 2 aromatic rings. The molecule has 0 bridgehead atoms. The number of phenols is 1. The highest BCUT2D eigenvalue weighted by Gasteiger charge is 2.23. The summed E-state index contributed by atoms with van der Waals surface area (Å²) >= 11 is 0. The van der Waals surface area contributed by atoms with Crippen molar-refractivity contribution < 1.29 is 20.1 Å². The van der Waals surface area contributed by atoms with E-state index >= 15 is 0 Å². The summed E-state index contributed by atoms with van der Waals surface area (Å²) in [6.07, 6.45) is 9.24. The van der Waals surface area contributed by atoms with E-state index in [-0.39, 0.29) is 11.7 Å².